The number of esters is 2. The average Bonchev–Trinajstić information content (AvgIpc) is 2.71. The highest BCUT2D eigenvalue weighted by molar-refractivity contribution is 5.98. The molecule has 7 heteroatoms. The van der Waals surface area contributed by atoms with E-state index in [0.717, 1.165) is 12.1 Å². The third kappa shape index (κ3) is 5.29. The lowest BCUT2D eigenvalue weighted by Crippen LogP contribution is -2.09. The zero-order valence-electron chi connectivity index (χ0n) is 15.0. The van der Waals surface area contributed by atoms with Gasteiger partial charge in [-0.05, 0) is 48.0 Å². The number of benzene rings is 2. The molecule has 28 heavy (non-hydrogen) atoms. The maximum Gasteiger partial charge on any atom is 0.349 e. The highest BCUT2D eigenvalue weighted by atomic mass is 19.1. The normalized spacial score (nSPS) is 10.5. The van der Waals surface area contributed by atoms with Crippen LogP contribution in [0.1, 0.15) is 15.9 Å². The third-order valence-electron chi connectivity index (χ3n) is 3.45. The lowest BCUT2D eigenvalue weighted by Gasteiger charge is -2.10. The molecule has 0 unspecified atom stereocenters. The Balaban J connectivity index is 2.23. The number of rotatable bonds is 7. The molecule has 0 aliphatic carbocycles. The summed E-state index contributed by atoms with van der Waals surface area (Å²) in [6.45, 7) is 3.41. The zero-order valence-corrected chi connectivity index (χ0v) is 15.0. The van der Waals surface area contributed by atoms with Crippen LogP contribution in [0.4, 0.5) is 4.39 Å². The summed E-state index contributed by atoms with van der Waals surface area (Å²) in [5, 5.41) is 9.13. The van der Waals surface area contributed by atoms with E-state index in [-0.39, 0.29) is 29.2 Å². The van der Waals surface area contributed by atoms with E-state index in [0.29, 0.717) is 5.56 Å². The summed E-state index contributed by atoms with van der Waals surface area (Å²) in [7, 11) is 1.38. The molecule has 0 atom stereocenters. The minimum Gasteiger partial charge on any atom is -0.493 e. The van der Waals surface area contributed by atoms with Gasteiger partial charge in [-0.25, -0.2) is 14.0 Å². The number of methoxy groups -OCH3 is 1. The molecule has 0 amide bonds. The fourth-order valence-corrected chi connectivity index (χ4v) is 2.12. The first-order valence-electron chi connectivity index (χ1n) is 8.04. The van der Waals surface area contributed by atoms with Crippen LogP contribution in [0.3, 0.4) is 0 Å². The maximum absolute atomic E-state index is 13.0. The van der Waals surface area contributed by atoms with Crippen LogP contribution in [0.25, 0.3) is 6.08 Å². The van der Waals surface area contributed by atoms with Crippen LogP contribution in [-0.2, 0) is 9.53 Å². The number of carbonyl (C=O) groups is 2. The molecule has 0 N–H and O–H groups in total. The molecule has 0 aromatic heterocycles. The van der Waals surface area contributed by atoms with Crippen LogP contribution in [0.15, 0.2) is 60.7 Å². The Morgan fingerprint density at radius 2 is 1.89 bits per heavy atom. The van der Waals surface area contributed by atoms with Crippen molar-refractivity contribution < 1.29 is 28.2 Å². The van der Waals surface area contributed by atoms with Crippen LogP contribution in [0.2, 0.25) is 0 Å². The minimum atomic E-state index is -0.784. The molecule has 6 nitrogen and oxygen atoms in total. The van der Waals surface area contributed by atoms with Crippen molar-refractivity contribution in [2.24, 2.45) is 0 Å². The Morgan fingerprint density at radius 1 is 1.18 bits per heavy atom. The van der Waals surface area contributed by atoms with Gasteiger partial charge in [0.25, 0.3) is 0 Å². The molecule has 0 aliphatic rings. The molecule has 2 rings (SSSR count). The fraction of sp³-hybridized carbons (Fsp3) is 0.0952. The molecule has 2 aromatic rings. The summed E-state index contributed by atoms with van der Waals surface area (Å²) in [6, 6.07) is 11.1. The topological polar surface area (TPSA) is 85.6 Å². The molecular weight excluding hydrogens is 365 g/mol. The van der Waals surface area contributed by atoms with Crippen LogP contribution >= 0.6 is 0 Å². The summed E-state index contributed by atoms with van der Waals surface area (Å²) in [5.74, 6) is -1.60. The van der Waals surface area contributed by atoms with Gasteiger partial charge in [-0.15, -0.1) is 0 Å². The van der Waals surface area contributed by atoms with E-state index < -0.39 is 17.8 Å². The van der Waals surface area contributed by atoms with Gasteiger partial charge in [0.05, 0.1) is 12.7 Å². The van der Waals surface area contributed by atoms with Gasteiger partial charge in [0.1, 0.15) is 24.1 Å². The van der Waals surface area contributed by atoms with Crippen LogP contribution in [0, 0.1) is 17.1 Å². The Bertz CT molecular complexity index is 958. The quantitative estimate of drug-likeness (QED) is 0.239. The van der Waals surface area contributed by atoms with E-state index >= 15 is 0 Å². The number of hydrogen-bond donors (Lipinski definition) is 0. The molecule has 0 saturated carbocycles. The molecule has 142 valence electrons. The fourth-order valence-electron chi connectivity index (χ4n) is 2.12. The lowest BCUT2D eigenvalue weighted by molar-refractivity contribution is -0.137. The molecule has 2 aromatic carbocycles. The van der Waals surface area contributed by atoms with E-state index in [4.69, 9.17) is 19.5 Å². The van der Waals surface area contributed by atoms with E-state index in [1.165, 1.54) is 49.6 Å². The Hall–Kier alpha value is -3.92. The first kappa shape index (κ1) is 20.4. The summed E-state index contributed by atoms with van der Waals surface area (Å²) in [4.78, 5) is 24.0. The Morgan fingerprint density at radius 3 is 2.50 bits per heavy atom. The molecule has 0 heterocycles. The number of halogens is 1. The number of carbonyl (C=O) groups excluding carboxylic acids is 2. The largest absolute Gasteiger partial charge is 0.493 e. The highest BCUT2D eigenvalue weighted by Gasteiger charge is 2.14. The second kappa shape index (κ2) is 9.69. The SMILES string of the molecule is C=CCOC(=O)/C(C#N)=C/c1ccc(OC(=O)c2ccc(F)cc2)c(OC)c1. The number of nitrogens with zero attached hydrogens (tertiary/aromatic N) is 1. The van der Waals surface area contributed by atoms with Crippen LogP contribution < -0.4 is 9.47 Å². The van der Waals surface area contributed by atoms with Gasteiger partial charge in [0.15, 0.2) is 11.5 Å². The molecule has 0 radical (unpaired) electrons. The standard InChI is InChI=1S/C21H16FNO5/c1-3-10-27-20(24)16(13-23)11-14-4-9-18(19(12-14)26-2)28-21(25)15-5-7-17(22)8-6-15/h3-9,11-12H,1,10H2,2H3/b16-11+. The van der Waals surface area contributed by atoms with Crippen molar-refractivity contribution in [1.82, 2.24) is 0 Å². The monoisotopic (exact) mass is 381 g/mol. The first-order chi connectivity index (χ1) is 13.5. The van der Waals surface area contributed by atoms with E-state index in [1.54, 1.807) is 6.07 Å². The van der Waals surface area contributed by atoms with Gasteiger partial charge in [-0.2, -0.15) is 5.26 Å². The van der Waals surface area contributed by atoms with Crippen LogP contribution in [0.5, 0.6) is 11.5 Å². The molecule has 0 bridgehead atoms. The smallest absolute Gasteiger partial charge is 0.349 e. The molecule has 0 aliphatic heterocycles. The second-order valence-electron chi connectivity index (χ2n) is 5.36. The predicted molar refractivity (Wildman–Crippen MR) is 99.1 cm³/mol. The van der Waals surface area contributed by atoms with Gasteiger partial charge in [-0.1, -0.05) is 18.7 Å². The van der Waals surface area contributed by atoms with E-state index in [2.05, 4.69) is 6.58 Å². The van der Waals surface area contributed by atoms with E-state index in [1.807, 2.05) is 0 Å². The number of ether oxygens (including phenoxy) is 3. The zero-order chi connectivity index (χ0) is 20.5. The van der Waals surface area contributed by atoms with E-state index in [9.17, 15) is 14.0 Å². The number of hydrogen-bond acceptors (Lipinski definition) is 6. The lowest BCUT2D eigenvalue weighted by atomic mass is 10.1. The van der Waals surface area contributed by atoms with Crippen molar-refractivity contribution >= 4 is 18.0 Å². The van der Waals surface area contributed by atoms with Gasteiger partial charge >= 0.3 is 11.9 Å². The summed E-state index contributed by atoms with van der Waals surface area (Å²) >= 11 is 0. The van der Waals surface area contributed by atoms with Crippen molar-refractivity contribution in [2.75, 3.05) is 13.7 Å². The van der Waals surface area contributed by atoms with Crippen molar-refractivity contribution in [1.29, 1.82) is 5.26 Å². The average molecular weight is 381 g/mol. The van der Waals surface area contributed by atoms with Gasteiger partial charge < -0.3 is 14.2 Å². The highest BCUT2D eigenvalue weighted by Crippen LogP contribution is 2.29. The molecule has 0 spiro atoms. The van der Waals surface area contributed by atoms with Gasteiger partial charge in [0, 0.05) is 0 Å². The predicted octanol–water partition coefficient (Wildman–Crippen LogP) is 3.69. The third-order valence-corrected chi connectivity index (χ3v) is 3.45. The number of nitriles is 1. The van der Waals surface area contributed by atoms with Crippen molar-refractivity contribution in [2.45, 2.75) is 0 Å². The first-order valence-corrected chi connectivity index (χ1v) is 8.04. The Labute approximate surface area is 161 Å². The second-order valence-corrected chi connectivity index (χ2v) is 5.36. The van der Waals surface area contributed by atoms with Gasteiger partial charge in [-0.3, -0.25) is 0 Å². The molecular formula is C21H16FNO5. The van der Waals surface area contributed by atoms with Crippen molar-refractivity contribution in [3.63, 3.8) is 0 Å². The minimum absolute atomic E-state index is 0.0144. The van der Waals surface area contributed by atoms with Gasteiger partial charge in [0.2, 0.25) is 0 Å². The summed E-state index contributed by atoms with van der Waals surface area (Å²) < 4.78 is 28.3. The van der Waals surface area contributed by atoms with Crippen LogP contribution in [-0.4, -0.2) is 25.7 Å². The summed E-state index contributed by atoms with van der Waals surface area (Å²) in [6.07, 6.45) is 2.71. The molecule has 0 saturated heterocycles. The maximum atomic E-state index is 13.0. The van der Waals surface area contributed by atoms with Crippen molar-refractivity contribution in [3.05, 3.63) is 77.6 Å². The molecule has 0 fully saturated rings. The Kier molecular flexibility index (Phi) is 7.06. The van der Waals surface area contributed by atoms with Crippen molar-refractivity contribution in [3.8, 4) is 17.6 Å². The summed E-state index contributed by atoms with van der Waals surface area (Å²) in [5.41, 5.74) is 0.426.